The van der Waals surface area contributed by atoms with Crippen LogP contribution in [-0.4, -0.2) is 27.5 Å². The van der Waals surface area contributed by atoms with Gasteiger partial charge in [-0.15, -0.1) is 11.3 Å². The maximum atomic E-state index is 6.37. The van der Waals surface area contributed by atoms with E-state index < -0.39 is 0 Å². The van der Waals surface area contributed by atoms with Crippen molar-refractivity contribution in [3.63, 3.8) is 0 Å². The van der Waals surface area contributed by atoms with E-state index in [1.54, 1.807) is 11.3 Å². The molecule has 5 heteroatoms. The van der Waals surface area contributed by atoms with E-state index in [9.17, 15) is 0 Å². The molecule has 20 heavy (non-hydrogen) atoms. The average Bonchev–Trinajstić information content (AvgIpc) is 2.68. The molecule has 0 aromatic carbocycles. The standard InChI is InChI=1S/C15H20ClN3S/c1-9-6-4-5-7-19(9)8-12-17-14(16)13-10(2)11(3)20-15(13)18-12/h9H,4-8H2,1-3H3. The fourth-order valence-electron chi connectivity index (χ4n) is 2.89. The van der Waals surface area contributed by atoms with Gasteiger partial charge in [0.05, 0.1) is 11.9 Å². The molecular weight excluding hydrogens is 290 g/mol. The van der Waals surface area contributed by atoms with Crippen LogP contribution in [0.3, 0.4) is 0 Å². The zero-order valence-corrected chi connectivity index (χ0v) is 13.8. The first-order valence-corrected chi connectivity index (χ1v) is 8.42. The van der Waals surface area contributed by atoms with Crippen molar-refractivity contribution in [3.8, 4) is 0 Å². The van der Waals surface area contributed by atoms with Gasteiger partial charge in [-0.25, -0.2) is 9.97 Å². The Kier molecular flexibility index (Phi) is 3.98. The van der Waals surface area contributed by atoms with Gasteiger partial charge in [0.2, 0.25) is 0 Å². The van der Waals surface area contributed by atoms with Crippen LogP contribution < -0.4 is 0 Å². The third-order valence-electron chi connectivity index (χ3n) is 4.32. The number of likely N-dealkylation sites (tertiary alicyclic amines) is 1. The van der Waals surface area contributed by atoms with Gasteiger partial charge >= 0.3 is 0 Å². The molecule has 0 aliphatic carbocycles. The zero-order valence-electron chi connectivity index (χ0n) is 12.2. The summed E-state index contributed by atoms with van der Waals surface area (Å²) < 4.78 is 0. The van der Waals surface area contributed by atoms with Gasteiger partial charge in [0.15, 0.2) is 0 Å². The van der Waals surface area contributed by atoms with E-state index in [1.165, 1.54) is 29.7 Å². The Hall–Kier alpha value is -0.710. The molecule has 3 rings (SSSR count). The molecule has 1 aliphatic rings. The fraction of sp³-hybridized carbons (Fsp3) is 0.600. The summed E-state index contributed by atoms with van der Waals surface area (Å²) in [7, 11) is 0. The summed E-state index contributed by atoms with van der Waals surface area (Å²) in [5, 5.41) is 1.64. The van der Waals surface area contributed by atoms with Crippen LogP contribution in [0, 0.1) is 13.8 Å². The number of hydrogen-bond acceptors (Lipinski definition) is 4. The van der Waals surface area contributed by atoms with Crippen LogP contribution in [0.1, 0.15) is 42.5 Å². The number of rotatable bonds is 2. The highest BCUT2D eigenvalue weighted by Gasteiger charge is 2.20. The molecule has 1 aliphatic heterocycles. The van der Waals surface area contributed by atoms with E-state index in [2.05, 4.69) is 30.7 Å². The fourth-order valence-corrected chi connectivity index (χ4v) is 4.32. The molecular formula is C15H20ClN3S. The van der Waals surface area contributed by atoms with Crippen molar-refractivity contribution < 1.29 is 0 Å². The number of hydrogen-bond donors (Lipinski definition) is 0. The summed E-state index contributed by atoms with van der Waals surface area (Å²) in [6.45, 7) is 8.45. The average molecular weight is 310 g/mol. The van der Waals surface area contributed by atoms with Gasteiger partial charge in [-0.3, -0.25) is 4.90 Å². The quantitative estimate of drug-likeness (QED) is 0.773. The summed E-state index contributed by atoms with van der Waals surface area (Å²) in [4.78, 5) is 14.0. The monoisotopic (exact) mass is 309 g/mol. The molecule has 3 nitrogen and oxygen atoms in total. The van der Waals surface area contributed by atoms with Gasteiger partial charge in [-0.05, 0) is 45.7 Å². The lowest BCUT2D eigenvalue weighted by atomic mass is 10.0. The summed E-state index contributed by atoms with van der Waals surface area (Å²) in [6.07, 6.45) is 3.88. The maximum absolute atomic E-state index is 6.37. The lowest BCUT2D eigenvalue weighted by Crippen LogP contribution is -2.37. The molecule has 0 N–H and O–H groups in total. The van der Waals surface area contributed by atoms with Crippen molar-refractivity contribution in [2.45, 2.75) is 52.6 Å². The van der Waals surface area contributed by atoms with Crippen molar-refractivity contribution in [3.05, 3.63) is 21.4 Å². The summed E-state index contributed by atoms with van der Waals surface area (Å²) in [5.74, 6) is 0.859. The highest BCUT2D eigenvalue weighted by Crippen LogP contribution is 2.33. The molecule has 0 spiro atoms. The minimum absolute atomic E-state index is 0.608. The highest BCUT2D eigenvalue weighted by atomic mass is 35.5. The van der Waals surface area contributed by atoms with Crippen molar-refractivity contribution >= 4 is 33.2 Å². The van der Waals surface area contributed by atoms with Crippen LogP contribution >= 0.6 is 22.9 Å². The number of nitrogens with zero attached hydrogens (tertiary/aromatic N) is 3. The van der Waals surface area contributed by atoms with Crippen LogP contribution in [0.2, 0.25) is 5.15 Å². The number of piperidine rings is 1. The molecule has 0 saturated carbocycles. The van der Waals surface area contributed by atoms with Crippen molar-refractivity contribution in [1.82, 2.24) is 14.9 Å². The molecule has 1 saturated heterocycles. The second-order valence-electron chi connectivity index (χ2n) is 5.71. The Morgan fingerprint density at radius 3 is 2.85 bits per heavy atom. The van der Waals surface area contributed by atoms with Gasteiger partial charge in [-0.2, -0.15) is 0 Å². The Morgan fingerprint density at radius 1 is 1.30 bits per heavy atom. The normalized spacial score (nSPS) is 20.7. The van der Waals surface area contributed by atoms with Gasteiger partial charge in [0.1, 0.15) is 15.8 Å². The Balaban J connectivity index is 1.92. The second kappa shape index (κ2) is 5.58. The number of halogens is 1. The molecule has 2 aromatic heterocycles. The number of fused-ring (bicyclic) bond motifs is 1. The van der Waals surface area contributed by atoms with Crippen LogP contribution in [0.25, 0.3) is 10.2 Å². The van der Waals surface area contributed by atoms with E-state index in [0.29, 0.717) is 11.2 Å². The molecule has 1 atom stereocenters. The largest absolute Gasteiger partial charge is 0.293 e. The van der Waals surface area contributed by atoms with Crippen molar-refractivity contribution in [2.24, 2.45) is 0 Å². The number of thiophene rings is 1. The summed E-state index contributed by atoms with van der Waals surface area (Å²) >= 11 is 8.09. The van der Waals surface area contributed by atoms with Gasteiger partial charge in [-0.1, -0.05) is 18.0 Å². The van der Waals surface area contributed by atoms with Gasteiger partial charge < -0.3 is 0 Å². The smallest absolute Gasteiger partial charge is 0.145 e. The van der Waals surface area contributed by atoms with Gasteiger partial charge in [0, 0.05) is 10.9 Å². The topological polar surface area (TPSA) is 29.0 Å². The minimum atomic E-state index is 0.608. The number of aryl methyl sites for hydroxylation is 2. The van der Waals surface area contributed by atoms with E-state index in [0.717, 1.165) is 29.1 Å². The van der Waals surface area contributed by atoms with Crippen LogP contribution in [0.5, 0.6) is 0 Å². The van der Waals surface area contributed by atoms with E-state index >= 15 is 0 Å². The second-order valence-corrected chi connectivity index (χ2v) is 7.27. The third-order valence-corrected chi connectivity index (χ3v) is 5.69. The molecule has 0 bridgehead atoms. The molecule has 1 fully saturated rings. The van der Waals surface area contributed by atoms with Crippen molar-refractivity contribution in [1.29, 1.82) is 0 Å². The summed E-state index contributed by atoms with van der Waals surface area (Å²) in [6, 6.07) is 0.619. The summed E-state index contributed by atoms with van der Waals surface area (Å²) in [5.41, 5.74) is 1.22. The number of aromatic nitrogens is 2. The van der Waals surface area contributed by atoms with Crippen molar-refractivity contribution in [2.75, 3.05) is 6.54 Å². The zero-order chi connectivity index (χ0) is 14.3. The first kappa shape index (κ1) is 14.2. The van der Waals surface area contributed by atoms with E-state index in [4.69, 9.17) is 16.6 Å². The highest BCUT2D eigenvalue weighted by molar-refractivity contribution is 7.18. The lowest BCUT2D eigenvalue weighted by molar-refractivity contribution is 0.149. The predicted molar refractivity (Wildman–Crippen MR) is 85.6 cm³/mol. The Bertz CT molecular complexity index is 638. The first-order chi connectivity index (χ1) is 9.56. The van der Waals surface area contributed by atoms with Gasteiger partial charge in [0.25, 0.3) is 0 Å². The SMILES string of the molecule is Cc1sc2nc(CN3CCCCC3C)nc(Cl)c2c1C. The third kappa shape index (κ3) is 2.57. The molecule has 108 valence electrons. The van der Waals surface area contributed by atoms with E-state index in [-0.39, 0.29) is 0 Å². The first-order valence-electron chi connectivity index (χ1n) is 7.22. The van der Waals surface area contributed by atoms with Crippen LogP contribution in [0.4, 0.5) is 0 Å². The predicted octanol–water partition coefficient (Wildman–Crippen LogP) is 4.34. The molecule has 1 unspecified atom stereocenters. The maximum Gasteiger partial charge on any atom is 0.145 e. The molecule has 3 heterocycles. The Morgan fingerprint density at radius 2 is 2.10 bits per heavy atom. The van der Waals surface area contributed by atoms with Crippen LogP contribution in [0.15, 0.2) is 0 Å². The Labute approximate surface area is 129 Å². The molecule has 2 aromatic rings. The van der Waals surface area contributed by atoms with E-state index in [1.807, 2.05) is 0 Å². The molecule has 0 radical (unpaired) electrons. The minimum Gasteiger partial charge on any atom is -0.293 e. The molecule has 0 amide bonds. The van der Waals surface area contributed by atoms with Crippen LogP contribution in [-0.2, 0) is 6.54 Å². The lowest BCUT2D eigenvalue weighted by Gasteiger charge is -2.32.